The van der Waals surface area contributed by atoms with Crippen molar-refractivity contribution in [1.29, 1.82) is 0 Å². The van der Waals surface area contributed by atoms with Crippen molar-refractivity contribution in [3.63, 3.8) is 0 Å². The number of sulfonamides is 1. The molecule has 0 amide bonds. The fourth-order valence-corrected chi connectivity index (χ4v) is 3.10. The molecule has 2 aromatic carbocycles. The van der Waals surface area contributed by atoms with Gasteiger partial charge in [0.15, 0.2) is 0 Å². The lowest BCUT2D eigenvalue weighted by Gasteiger charge is -2.12. The topological polar surface area (TPSA) is 71.3 Å². The van der Waals surface area contributed by atoms with Crippen LogP contribution in [0.3, 0.4) is 0 Å². The van der Waals surface area contributed by atoms with Gasteiger partial charge >= 0.3 is 0 Å². The molecule has 0 saturated carbocycles. The Bertz CT molecular complexity index is 947. The molecule has 0 aliphatic heterocycles. The molecule has 0 bridgehead atoms. The van der Waals surface area contributed by atoms with Gasteiger partial charge < -0.3 is 9.73 Å². The van der Waals surface area contributed by atoms with Gasteiger partial charge in [-0.3, -0.25) is 4.72 Å². The average Bonchev–Trinajstić information content (AvgIpc) is 3.16. The second kappa shape index (κ2) is 7.66. The molecule has 2 N–H and O–H groups in total. The summed E-state index contributed by atoms with van der Waals surface area (Å²) < 4.78 is 31.8. The molecule has 3 rings (SSSR count). The first-order valence-corrected chi connectivity index (χ1v) is 9.97. The van der Waals surface area contributed by atoms with Gasteiger partial charge in [0.05, 0.1) is 11.5 Å². The summed E-state index contributed by atoms with van der Waals surface area (Å²) in [6.45, 7) is 3.94. The molecule has 26 heavy (non-hydrogen) atoms. The van der Waals surface area contributed by atoms with E-state index in [0.717, 1.165) is 22.6 Å². The van der Waals surface area contributed by atoms with Crippen molar-refractivity contribution in [2.75, 3.05) is 10.0 Å². The first kappa shape index (κ1) is 18.1. The van der Waals surface area contributed by atoms with Crippen molar-refractivity contribution in [1.82, 2.24) is 0 Å². The van der Waals surface area contributed by atoms with E-state index in [1.807, 2.05) is 48.5 Å². The van der Waals surface area contributed by atoms with E-state index in [2.05, 4.69) is 10.0 Å². The van der Waals surface area contributed by atoms with E-state index in [1.54, 1.807) is 32.2 Å². The van der Waals surface area contributed by atoms with Crippen molar-refractivity contribution >= 4 is 21.4 Å². The van der Waals surface area contributed by atoms with E-state index in [0.29, 0.717) is 12.2 Å². The number of nitrogens with one attached hydrogen (secondary N) is 2. The number of rotatable bonds is 7. The molecule has 0 unspecified atom stereocenters. The van der Waals surface area contributed by atoms with Gasteiger partial charge in [-0.25, -0.2) is 8.42 Å². The van der Waals surface area contributed by atoms with E-state index in [-0.39, 0.29) is 0 Å². The van der Waals surface area contributed by atoms with Gasteiger partial charge in [0.2, 0.25) is 10.0 Å². The SMILES string of the molecule is CC(C)S(=O)(=O)Nc1ccc(CNc2cccc(-c3ccco3)c2)cc1. The van der Waals surface area contributed by atoms with Crippen LogP contribution >= 0.6 is 0 Å². The van der Waals surface area contributed by atoms with Crippen molar-refractivity contribution in [3.05, 3.63) is 72.5 Å². The van der Waals surface area contributed by atoms with Crippen molar-refractivity contribution < 1.29 is 12.8 Å². The maximum absolute atomic E-state index is 11.9. The molecule has 1 heterocycles. The molecule has 0 aliphatic carbocycles. The predicted molar refractivity (Wildman–Crippen MR) is 106 cm³/mol. The Balaban J connectivity index is 1.63. The summed E-state index contributed by atoms with van der Waals surface area (Å²) >= 11 is 0. The van der Waals surface area contributed by atoms with Gasteiger partial charge in [-0.15, -0.1) is 0 Å². The van der Waals surface area contributed by atoms with Crippen LogP contribution in [0.2, 0.25) is 0 Å². The smallest absolute Gasteiger partial charge is 0.235 e. The molecule has 0 spiro atoms. The fourth-order valence-electron chi connectivity index (χ4n) is 2.40. The number of furan rings is 1. The average molecular weight is 370 g/mol. The van der Waals surface area contributed by atoms with Crippen molar-refractivity contribution in [2.24, 2.45) is 0 Å². The largest absolute Gasteiger partial charge is 0.464 e. The molecule has 0 fully saturated rings. The van der Waals surface area contributed by atoms with Crippen LogP contribution in [0.15, 0.2) is 71.3 Å². The summed E-state index contributed by atoms with van der Waals surface area (Å²) in [5.41, 5.74) is 3.63. The fraction of sp³-hybridized carbons (Fsp3) is 0.200. The Morgan fingerprint density at radius 1 is 0.962 bits per heavy atom. The predicted octanol–water partition coefficient (Wildman–Crippen LogP) is 4.71. The molecular formula is C20H22N2O3S. The van der Waals surface area contributed by atoms with Crippen LogP contribution in [0.25, 0.3) is 11.3 Å². The summed E-state index contributed by atoms with van der Waals surface area (Å²) in [6, 6.07) is 19.2. The zero-order valence-corrected chi connectivity index (χ0v) is 15.6. The Morgan fingerprint density at radius 2 is 1.73 bits per heavy atom. The van der Waals surface area contributed by atoms with Gasteiger partial charge in [-0.05, 0) is 55.8 Å². The molecule has 1 aromatic heterocycles. The molecule has 136 valence electrons. The lowest BCUT2D eigenvalue weighted by Crippen LogP contribution is -2.22. The third-order valence-corrected chi connectivity index (χ3v) is 5.76. The first-order valence-electron chi connectivity index (χ1n) is 8.42. The Hall–Kier alpha value is -2.73. The van der Waals surface area contributed by atoms with Crippen molar-refractivity contribution in [2.45, 2.75) is 25.6 Å². The maximum atomic E-state index is 11.9. The van der Waals surface area contributed by atoms with Gasteiger partial charge in [0, 0.05) is 23.5 Å². The van der Waals surface area contributed by atoms with E-state index in [1.165, 1.54) is 0 Å². The van der Waals surface area contributed by atoms with Crippen LogP contribution in [0.5, 0.6) is 0 Å². The van der Waals surface area contributed by atoms with Crippen LogP contribution in [0, 0.1) is 0 Å². The van der Waals surface area contributed by atoms with E-state index < -0.39 is 15.3 Å². The lowest BCUT2D eigenvalue weighted by molar-refractivity contribution is 0.582. The van der Waals surface area contributed by atoms with E-state index in [4.69, 9.17) is 4.42 Å². The maximum Gasteiger partial charge on any atom is 0.235 e. The summed E-state index contributed by atoms with van der Waals surface area (Å²) in [4.78, 5) is 0. The summed E-state index contributed by atoms with van der Waals surface area (Å²) in [6.07, 6.45) is 1.66. The monoisotopic (exact) mass is 370 g/mol. The van der Waals surface area contributed by atoms with Crippen LogP contribution in [-0.2, 0) is 16.6 Å². The summed E-state index contributed by atoms with van der Waals surface area (Å²) in [5.74, 6) is 0.829. The molecule has 0 radical (unpaired) electrons. The minimum atomic E-state index is -3.32. The van der Waals surface area contributed by atoms with Crippen molar-refractivity contribution in [3.8, 4) is 11.3 Å². The quantitative estimate of drug-likeness (QED) is 0.632. The highest BCUT2D eigenvalue weighted by Gasteiger charge is 2.15. The zero-order chi connectivity index (χ0) is 18.6. The van der Waals surface area contributed by atoms with Gasteiger partial charge in [0.1, 0.15) is 5.76 Å². The standard InChI is InChI=1S/C20H22N2O3S/c1-15(2)26(23,24)22-18-10-8-16(9-11-18)14-21-19-6-3-5-17(13-19)20-7-4-12-25-20/h3-13,15,21-22H,14H2,1-2H3. The first-order chi connectivity index (χ1) is 12.4. The zero-order valence-electron chi connectivity index (χ0n) is 14.8. The third kappa shape index (κ3) is 4.46. The molecule has 3 aromatic rings. The van der Waals surface area contributed by atoms with Crippen LogP contribution in [0.1, 0.15) is 19.4 Å². The second-order valence-electron chi connectivity index (χ2n) is 6.30. The molecule has 5 nitrogen and oxygen atoms in total. The highest BCUT2D eigenvalue weighted by molar-refractivity contribution is 7.93. The Kier molecular flexibility index (Phi) is 5.32. The summed E-state index contributed by atoms with van der Waals surface area (Å²) in [7, 11) is -3.32. The second-order valence-corrected chi connectivity index (χ2v) is 8.54. The van der Waals surface area contributed by atoms with E-state index in [9.17, 15) is 8.42 Å². The van der Waals surface area contributed by atoms with E-state index >= 15 is 0 Å². The van der Waals surface area contributed by atoms with Gasteiger partial charge in [-0.2, -0.15) is 0 Å². The molecule has 0 aliphatic rings. The lowest BCUT2D eigenvalue weighted by atomic mass is 10.1. The number of hydrogen-bond acceptors (Lipinski definition) is 4. The number of hydrogen-bond donors (Lipinski definition) is 2. The number of benzene rings is 2. The summed E-state index contributed by atoms with van der Waals surface area (Å²) in [5, 5.41) is 2.90. The van der Waals surface area contributed by atoms with Crippen LogP contribution in [0.4, 0.5) is 11.4 Å². The van der Waals surface area contributed by atoms with Gasteiger partial charge in [-0.1, -0.05) is 24.3 Å². The molecular weight excluding hydrogens is 348 g/mol. The molecule has 0 atom stereocenters. The Morgan fingerprint density at radius 3 is 2.38 bits per heavy atom. The molecule has 0 saturated heterocycles. The minimum Gasteiger partial charge on any atom is -0.464 e. The van der Waals surface area contributed by atoms with Crippen LogP contribution < -0.4 is 10.0 Å². The minimum absolute atomic E-state index is 0.467. The highest BCUT2D eigenvalue weighted by Crippen LogP contribution is 2.23. The highest BCUT2D eigenvalue weighted by atomic mass is 32.2. The third-order valence-electron chi connectivity index (χ3n) is 4.00. The van der Waals surface area contributed by atoms with Gasteiger partial charge in [0.25, 0.3) is 0 Å². The Labute approximate surface area is 154 Å². The number of anilines is 2. The molecule has 6 heteroatoms. The van der Waals surface area contributed by atoms with Crippen LogP contribution in [-0.4, -0.2) is 13.7 Å². The normalized spacial score (nSPS) is 11.5.